The van der Waals surface area contributed by atoms with Crippen LogP contribution in [0.1, 0.15) is 39.7 Å². The van der Waals surface area contributed by atoms with Gasteiger partial charge in [-0.3, -0.25) is 9.59 Å². The second-order valence-corrected chi connectivity index (χ2v) is 9.41. The van der Waals surface area contributed by atoms with Crippen molar-refractivity contribution in [2.45, 2.75) is 25.7 Å². The Hall–Kier alpha value is -3.81. The Morgan fingerprint density at radius 1 is 1.18 bits per heavy atom. The summed E-state index contributed by atoms with van der Waals surface area (Å²) in [4.78, 5) is 27.8. The standard InChI is InChI=1S/C26H25N3O5/c1-16-10-21(28-34-16)25(31)29-12-20-19-6-3-7-22-24(19)32-15-26(20,14-29)13-27-23(30)9-8-17-4-2-5-18(11-17)33-22/h2-7,10-11,20H,8-9,12-15H2,1H3,(H,27,30)/t20-,26+/m1/s1. The van der Waals surface area contributed by atoms with Crippen molar-refractivity contribution in [3.63, 3.8) is 0 Å². The summed E-state index contributed by atoms with van der Waals surface area (Å²) in [5, 5.41) is 7.04. The smallest absolute Gasteiger partial charge is 0.276 e. The maximum atomic E-state index is 13.2. The Morgan fingerprint density at radius 2 is 2.06 bits per heavy atom. The molecule has 4 bridgehead atoms. The number of nitrogens with one attached hydrogen (secondary N) is 1. The van der Waals surface area contributed by atoms with E-state index < -0.39 is 5.41 Å². The lowest BCUT2D eigenvalue weighted by Crippen LogP contribution is -2.48. The Kier molecular flexibility index (Phi) is 4.83. The summed E-state index contributed by atoms with van der Waals surface area (Å²) in [5.74, 6) is 2.42. The van der Waals surface area contributed by atoms with Crippen molar-refractivity contribution in [3.8, 4) is 17.2 Å². The average molecular weight is 460 g/mol. The lowest BCUT2D eigenvalue weighted by atomic mass is 9.73. The molecule has 34 heavy (non-hydrogen) atoms. The first-order valence-electron chi connectivity index (χ1n) is 11.5. The molecule has 2 aromatic carbocycles. The molecule has 1 spiro atoms. The van der Waals surface area contributed by atoms with E-state index in [2.05, 4.69) is 10.5 Å². The fraction of sp³-hybridized carbons (Fsp3) is 0.346. The van der Waals surface area contributed by atoms with Gasteiger partial charge < -0.3 is 24.2 Å². The Bertz CT molecular complexity index is 1280. The van der Waals surface area contributed by atoms with Crippen LogP contribution >= 0.6 is 0 Å². The second kappa shape index (κ2) is 7.90. The van der Waals surface area contributed by atoms with Gasteiger partial charge in [0, 0.05) is 49.0 Å². The average Bonchev–Trinajstić information content (AvgIpc) is 3.45. The van der Waals surface area contributed by atoms with Crippen LogP contribution in [0.4, 0.5) is 0 Å². The third-order valence-corrected chi connectivity index (χ3v) is 7.08. The topological polar surface area (TPSA) is 93.9 Å². The number of hydrogen-bond acceptors (Lipinski definition) is 6. The lowest BCUT2D eigenvalue weighted by molar-refractivity contribution is -0.121. The van der Waals surface area contributed by atoms with E-state index in [-0.39, 0.29) is 17.7 Å². The molecule has 2 atom stereocenters. The van der Waals surface area contributed by atoms with E-state index in [0.717, 1.165) is 11.1 Å². The van der Waals surface area contributed by atoms with Crippen LogP contribution in [0.3, 0.4) is 0 Å². The van der Waals surface area contributed by atoms with Crippen LogP contribution in [0.5, 0.6) is 17.2 Å². The molecule has 3 aliphatic heterocycles. The molecule has 8 heteroatoms. The summed E-state index contributed by atoms with van der Waals surface area (Å²) in [6, 6.07) is 15.3. The van der Waals surface area contributed by atoms with E-state index in [4.69, 9.17) is 14.0 Å². The largest absolute Gasteiger partial charge is 0.489 e. The summed E-state index contributed by atoms with van der Waals surface area (Å²) >= 11 is 0. The molecular weight excluding hydrogens is 434 g/mol. The zero-order valence-electron chi connectivity index (χ0n) is 18.9. The van der Waals surface area contributed by atoms with Crippen LogP contribution in [-0.2, 0) is 11.2 Å². The van der Waals surface area contributed by atoms with Crippen molar-refractivity contribution in [2.24, 2.45) is 5.41 Å². The second-order valence-electron chi connectivity index (χ2n) is 9.41. The number of aromatic nitrogens is 1. The fourth-order valence-electron chi connectivity index (χ4n) is 5.33. The number of carbonyl (C=O) groups excluding carboxylic acids is 2. The molecule has 0 saturated carbocycles. The molecule has 4 heterocycles. The van der Waals surface area contributed by atoms with Crippen LogP contribution in [-0.4, -0.2) is 48.1 Å². The number of hydrogen-bond donors (Lipinski definition) is 1. The van der Waals surface area contributed by atoms with Crippen molar-refractivity contribution in [1.82, 2.24) is 15.4 Å². The van der Waals surface area contributed by atoms with Crippen molar-refractivity contribution in [3.05, 3.63) is 71.1 Å². The van der Waals surface area contributed by atoms with Crippen LogP contribution in [0.25, 0.3) is 0 Å². The zero-order valence-corrected chi connectivity index (χ0v) is 18.9. The third-order valence-electron chi connectivity index (χ3n) is 7.08. The molecule has 8 nitrogen and oxygen atoms in total. The Labute approximate surface area is 196 Å². The van der Waals surface area contributed by atoms with E-state index in [1.807, 2.05) is 42.5 Å². The molecule has 3 aromatic rings. The van der Waals surface area contributed by atoms with Gasteiger partial charge in [0.05, 0.1) is 6.61 Å². The van der Waals surface area contributed by atoms with Gasteiger partial charge in [-0.05, 0) is 37.1 Å². The summed E-state index contributed by atoms with van der Waals surface area (Å²) < 4.78 is 17.7. The minimum atomic E-state index is -0.450. The van der Waals surface area contributed by atoms with Gasteiger partial charge in [-0.2, -0.15) is 0 Å². The van der Waals surface area contributed by atoms with Crippen molar-refractivity contribution in [2.75, 3.05) is 26.2 Å². The van der Waals surface area contributed by atoms with Crippen LogP contribution in [0.15, 0.2) is 53.1 Å². The summed E-state index contributed by atoms with van der Waals surface area (Å²) in [5.41, 5.74) is 1.86. The number of fused-ring (bicyclic) bond motifs is 4. The van der Waals surface area contributed by atoms with Crippen LogP contribution in [0, 0.1) is 12.3 Å². The van der Waals surface area contributed by atoms with Gasteiger partial charge in [0.25, 0.3) is 5.91 Å². The molecule has 0 unspecified atom stereocenters. The van der Waals surface area contributed by atoms with Gasteiger partial charge in [0.15, 0.2) is 17.2 Å². The van der Waals surface area contributed by atoms with E-state index in [9.17, 15) is 9.59 Å². The highest BCUT2D eigenvalue weighted by atomic mass is 16.5. The summed E-state index contributed by atoms with van der Waals surface area (Å²) in [7, 11) is 0. The highest BCUT2D eigenvalue weighted by Crippen LogP contribution is 2.52. The SMILES string of the molecule is Cc1cc(C(=O)N2C[C@@H]3c4cccc5c4OC[C@]3(CNC(=O)CCc3cccc(c3)O5)C2)no1. The van der Waals surface area contributed by atoms with Gasteiger partial charge in [-0.25, -0.2) is 0 Å². The molecule has 1 aromatic heterocycles. The summed E-state index contributed by atoms with van der Waals surface area (Å²) in [6.45, 7) is 3.50. The van der Waals surface area contributed by atoms with Gasteiger partial charge in [0.1, 0.15) is 11.5 Å². The number of ether oxygens (including phenoxy) is 2. The van der Waals surface area contributed by atoms with Gasteiger partial charge in [-0.15, -0.1) is 0 Å². The number of amides is 2. The van der Waals surface area contributed by atoms with E-state index >= 15 is 0 Å². The molecule has 1 N–H and O–H groups in total. The van der Waals surface area contributed by atoms with Gasteiger partial charge >= 0.3 is 0 Å². The monoisotopic (exact) mass is 459 g/mol. The molecule has 3 aliphatic rings. The Morgan fingerprint density at radius 3 is 2.91 bits per heavy atom. The molecule has 2 amide bonds. The van der Waals surface area contributed by atoms with E-state index in [1.54, 1.807) is 17.9 Å². The molecule has 1 fully saturated rings. The minimum absolute atomic E-state index is 0.0204. The van der Waals surface area contributed by atoms with Gasteiger partial charge in [0.2, 0.25) is 5.91 Å². The molecule has 174 valence electrons. The van der Waals surface area contributed by atoms with Crippen LogP contribution in [0.2, 0.25) is 0 Å². The number of para-hydroxylation sites is 1. The normalized spacial score (nSPS) is 23.4. The maximum absolute atomic E-state index is 13.2. The molecule has 6 rings (SSSR count). The van der Waals surface area contributed by atoms with Gasteiger partial charge in [-0.1, -0.05) is 29.4 Å². The minimum Gasteiger partial charge on any atom is -0.489 e. The highest BCUT2D eigenvalue weighted by Gasteiger charge is 2.53. The number of likely N-dealkylation sites (tertiary alicyclic amines) is 1. The first-order valence-corrected chi connectivity index (χ1v) is 11.5. The quantitative estimate of drug-likeness (QED) is 0.599. The number of aryl methyl sites for hydroxylation is 2. The molecule has 0 radical (unpaired) electrons. The fourth-order valence-corrected chi connectivity index (χ4v) is 5.33. The van der Waals surface area contributed by atoms with Crippen molar-refractivity contribution >= 4 is 11.8 Å². The molecular formula is C26H25N3O5. The summed E-state index contributed by atoms with van der Waals surface area (Å²) in [6.07, 6.45) is 1.00. The number of benzene rings is 2. The number of rotatable bonds is 1. The molecule has 0 aliphatic carbocycles. The number of carbonyl (C=O) groups is 2. The van der Waals surface area contributed by atoms with Crippen molar-refractivity contribution in [1.29, 1.82) is 0 Å². The van der Waals surface area contributed by atoms with Crippen LogP contribution < -0.4 is 14.8 Å². The van der Waals surface area contributed by atoms with Crippen molar-refractivity contribution < 1.29 is 23.6 Å². The predicted octanol–water partition coefficient (Wildman–Crippen LogP) is 3.46. The third kappa shape index (κ3) is 3.50. The lowest BCUT2D eigenvalue weighted by Gasteiger charge is -2.39. The number of nitrogens with zero attached hydrogens (tertiary/aromatic N) is 2. The molecule has 1 saturated heterocycles. The first kappa shape index (κ1) is 20.8. The van der Waals surface area contributed by atoms with E-state index in [0.29, 0.717) is 67.8 Å². The Balaban J connectivity index is 1.41. The predicted molar refractivity (Wildman–Crippen MR) is 122 cm³/mol. The first-order chi connectivity index (χ1) is 16.5. The zero-order chi connectivity index (χ0) is 23.3. The maximum Gasteiger partial charge on any atom is 0.276 e. The highest BCUT2D eigenvalue weighted by molar-refractivity contribution is 5.92. The van der Waals surface area contributed by atoms with E-state index in [1.165, 1.54) is 0 Å².